The van der Waals surface area contributed by atoms with Crippen molar-refractivity contribution in [1.82, 2.24) is 9.78 Å². The van der Waals surface area contributed by atoms with Crippen LogP contribution in [-0.4, -0.2) is 22.4 Å². The Labute approximate surface area is 124 Å². The molecule has 0 atom stereocenters. The van der Waals surface area contributed by atoms with Crippen LogP contribution in [0, 0.1) is 6.92 Å². The van der Waals surface area contributed by atoms with Crippen LogP contribution >= 0.6 is 15.9 Å². The van der Waals surface area contributed by atoms with Crippen molar-refractivity contribution in [1.29, 1.82) is 0 Å². The number of carbonyl (C=O) groups excluding carboxylic acids is 1. The lowest BCUT2D eigenvalue weighted by atomic mass is 10.2. The smallest absolute Gasteiger partial charge is 0.362 e. The van der Waals surface area contributed by atoms with E-state index >= 15 is 0 Å². The van der Waals surface area contributed by atoms with Gasteiger partial charge in [0.25, 0.3) is 0 Å². The minimum absolute atomic E-state index is 0.197. The van der Waals surface area contributed by atoms with Crippen molar-refractivity contribution >= 4 is 21.9 Å². The number of carbonyl (C=O) groups is 1. The highest BCUT2D eigenvalue weighted by Crippen LogP contribution is 2.23. The lowest BCUT2D eigenvalue weighted by Crippen LogP contribution is -2.22. The van der Waals surface area contributed by atoms with E-state index in [1.165, 1.54) is 16.9 Å². The van der Waals surface area contributed by atoms with Crippen LogP contribution in [0.1, 0.15) is 23.0 Å². The first-order valence-corrected chi connectivity index (χ1v) is 6.86. The summed E-state index contributed by atoms with van der Waals surface area (Å²) in [5, 5.41) is 4.06. The van der Waals surface area contributed by atoms with Gasteiger partial charge in [-0.3, -0.25) is 4.79 Å². The number of hydrogen-bond acceptors (Lipinski definition) is 4. The number of esters is 1. The van der Waals surface area contributed by atoms with E-state index in [0.717, 1.165) is 15.7 Å². The van der Waals surface area contributed by atoms with Gasteiger partial charge in [0.05, 0.1) is 12.3 Å². The van der Waals surface area contributed by atoms with Crippen molar-refractivity contribution in [3.8, 4) is 5.69 Å². The summed E-state index contributed by atoms with van der Waals surface area (Å²) < 4.78 is 7.16. The van der Waals surface area contributed by atoms with Gasteiger partial charge in [-0.25, -0.2) is 9.48 Å². The molecule has 0 amide bonds. The Morgan fingerprint density at radius 2 is 2.15 bits per heavy atom. The second-order valence-corrected chi connectivity index (χ2v) is 4.89. The molecular formula is C14H13BrN2O3. The Bertz CT molecular complexity index is 710. The fourth-order valence-corrected chi connectivity index (χ4v) is 2.14. The second kappa shape index (κ2) is 6.00. The lowest BCUT2D eigenvalue weighted by molar-refractivity contribution is 0.0515. The first kappa shape index (κ1) is 14.5. The Hall–Kier alpha value is -1.95. The second-order valence-electron chi connectivity index (χ2n) is 4.10. The van der Waals surface area contributed by atoms with Crippen LogP contribution in [0.15, 0.2) is 39.7 Å². The zero-order valence-corrected chi connectivity index (χ0v) is 12.7. The molecule has 0 radical (unpaired) electrons. The van der Waals surface area contributed by atoms with Crippen molar-refractivity contribution in [2.45, 2.75) is 13.8 Å². The van der Waals surface area contributed by atoms with Crippen LogP contribution in [0.3, 0.4) is 0 Å². The zero-order chi connectivity index (χ0) is 14.7. The highest BCUT2D eigenvalue weighted by atomic mass is 79.9. The van der Waals surface area contributed by atoms with E-state index < -0.39 is 11.4 Å². The van der Waals surface area contributed by atoms with Gasteiger partial charge in [-0.2, -0.15) is 5.10 Å². The summed E-state index contributed by atoms with van der Waals surface area (Å²) in [6, 6.07) is 6.96. The maximum atomic E-state index is 11.7. The number of rotatable bonds is 3. The minimum atomic E-state index is -0.712. The molecule has 0 aliphatic rings. The first-order chi connectivity index (χ1) is 9.54. The number of hydrogen-bond donors (Lipinski definition) is 0. The molecule has 0 spiro atoms. The molecule has 1 aromatic carbocycles. The standard InChI is InChI=1S/C14H13BrN2O3/c1-3-20-14(19)13-11(18)7-8-17(16-13)10-6-4-5-9(2)12(10)15/h4-8H,3H2,1-2H3. The molecule has 5 nitrogen and oxygen atoms in total. The van der Waals surface area contributed by atoms with Crippen LogP contribution in [0.4, 0.5) is 0 Å². The van der Waals surface area contributed by atoms with Gasteiger partial charge in [-0.1, -0.05) is 12.1 Å². The van der Waals surface area contributed by atoms with Gasteiger partial charge in [0.1, 0.15) is 0 Å². The van der Waals surface area contributed by atoms with Crippen LogP contribution in [-0.2, 0) is 4.74 Å². The molecule has 2 rings (SSSR count). The summed E-state index contributed by atoms with van der Waals surface area (Å²) in [5.74, 6) is -0.712. The summed E-state index contributed by atoms with van der Waals surface area (Å²) in [5.41, 5.74) is 1.10. The summed E-state index contributed by atoms with van der Waals surface area (Å²) in [7, 11) is 0. The molecule has 0 saturated carbocycles. The monoisotopic (exact) mass is 336 g/mol. The largest absolute Gasteiger partial charge is 0.461 e. The Morgan fingerprint density at radius 1 is 1.40 bits per heavy atom. The number of aryl methyl sites for hydroxylation is 1. The third-order valence-corrected chi connectivity index (χ3v) is 3.73. The summed E-state index contributed by atoms with van der Waals surface area (Å²) in [6.45, 7) is 3.82. The molecule has 0 bridgehead atoms. The summed E-state index contributed by atoms with van der Waals surface area (Å²) in [4.78, 5) is 23.4. The highest BCUT2D eigenvalue weighted by Gasteiger charge is 2.15. The van der Waals surface area contributed by atoms with Gasteiger partial charge in [0, 0.05) is 16.7 Å². The van der Waals surface area contributed by atoms with E-state index in [9.17, 15) is 9.59 Å². The van der Waals surface area contributed by atoms with E-state index in [1.807, 2.05) is 25.1 Å². The van der Waals surface area contributed by atoms with Crippen molar-refractivity contribution in [2.75, 3.05) is 6.61 Å². The van der Waals surface area contributed by atoms with Crippen LogP contribution in [0.5, 0.6) is 0 Å². The Balaban J connectivity index is 2.54. The van der Waals surface area contributed by atoms with Crippen LogP contribution < -0.4 is 5.43 Å². The number of ether oxygens (including phenoxy) is 1. The molecule has 1 heterocycles. The van der Waals surface area contributed by atoms with Crippen molar-refractivity contribution in [3.63, 3.8) is 0 Å². The van der Waals surface area contributed by atoms with Crippen molar-refractivity contribution in [3.05, 3.63) is 56.4 Å². The predicted octanol–water partition coefficient (Wildman–Crippen LogP) is 2.48. The number of nitrogens with zero attached hydrogens (tertiary/aromatic N) is 2. The zero-order valence-electron chi connectivity index (χ0n) is 11.1. The normalized spacial score (nSPS) is 10.3. The third-order valence-electron chi connectivity index (χ3n) is 2.70. The van der Waals surface area contributed by atoms with E-state index in [2.05, 4.69) is 21.0 Å². The molecule has 0 saturated heterocycles. The van der Waals surface area contributed by atoms with Crippen LogP contribution in [0.25, 0.3) is 5.69 Å². The predicted molar refractivity (Wildman–Crippen MR) is 78.2 cm³/mol. The fourth-order valence-electron chi connectivity index (χ4n) is 1.69. The molecule has 0 aliphatic carbocycles. The molecule has 2 aromatic rings. The number of aromatic nitrogens is 2. The average Bonchev–Trinajstić information content (AvgIpc) is 2.43. The molecule has 0 aliphatic heterocycles. The van der Waals surface area contributed by atoms with Gasteiger partial charge < -0.3 is 4.74 Å². The SMILES string of the molecule is CCOC(=O)c1nn(-c2cccc(C)c2Br)ccc1=O. The van der Waals surface area contributed by atoms with E-state index in [4.69, 9.17) is 4.74 Å². The third kappa shape index (κ3) is 2.80. The highest BCUT2D eigenvalue weighted by molar-refractivity contribution is 9.10. The molecule has 0 fully saturated rings. The Kier molecular flexibility index (Phi) is 4.34. The quantitative estimate of drug-likeness (QED) is 0.808. The molecule has 0 unspecified atom stereocenters. The lowest BCUT2D eigenvalue weighted by Gasteiger charge is -2.10. The fraction of sp³-hybridized carbons (Fsp3) is 0.214. The number of benzene rings is 1. The van der Waals surface area contributed by atoms with E-state index in [1.54, 1.807) is 6.92 Å². The molecule has 104 valence electrons. The molecule has 0 N–H and O–H groups in total. The maximum absolute atomic E-state index is 11.7. The maximum Gasteiger partial charge on any atom is 0.362 e. The Morgan fingerprint density at radius 3 is 2.85 bits per heavy atom. The van der Waals surface area contributed by atoms with Gasteiger partial charge in [-0.05, 0) is 41.4 Å². The average molecular weight is 337 g/mol. The molecule has 6 heteroatoms. The molecule has 1 aromatic heterocycles. The molecule has 20 heavy (non-hydrogen) atoms. The van der Waals surface area contributed by atoms with Crippen molar-refractivity contribution in [2.24, 2.45) is 0 Å². The summed E-state index contributed by atoms with van der Waals surface area (Å²) in [6.07, 6.45) is 1.52. The first-order valence-electron chi connectivity index (χ1n) is 6.07. The minimum Gasteiger partial charge on any atom is -0.461 e. The van der Waals surface area contributed by atoms with Gasteiger partial charge >= 0.3 is 5.97 Å². The van der Waals surface area contributed by atoms with Gasteiger partial charge in [-0.15, -0.1) is 0 Å². The van der Waals surface area contributed by atoms with E-state index in [0.29, 0.717) is 0 Å². The van der Waals surface area contributed by atoms with Gasteiger partial charge in [0.15, 0.2) is 0 Å². The molecular weight excluding hydrogens is 324 g/mol. The topological polar surface area (TPSA) is 61.2 Å². The van der Waals surface area contributed by atoms with E-state index in [-0.39, 0.29) is 12.3 Å². The van der Waals surface area contributed by atoms with Crippen molar-refractivity contribution < 1.29 is 9.53 Å². The van der Waals surface area contributed by atoms with Gasteiger partial charge in [0.2, 0.25) is 11.1 Å². The number of halogens is 1. The van der Waals surface area contributed by atoms with Crippen LogP contribution in [0.2, 0.25) is 0 Å². The summed E-state index contributed by atoms with van der Waals surface area (Å²) >= 11 is 3.47.